The zero-order valence-electron chi connectivity index (χ0n) is 18.7. The number of alkyl halides is 3. The highest BCUT2D eigenvalue weighted by Gasteiger charge is 2.53. The molecule has 2 saturated carbocycles. The average Bonchev–Trinajstić information content (AvgIpc) is 3.36. The van der Waals surface area contributed by atoms with Crippen LogP contribution in [0.25, 0.3) is 0 Å². The molecule has 6 radical (unpaired) electrons. The van der Waals surface area contributed by atoms with Gasteiger partial charge in [0, 0.05) is 5.92 Å². The summed E-state index contributed by atoms with van der Waals surface area (Å²) >= 11 is 0. The monoisotopic (exact) mass is 508 g/mol. The Morgan fingerprint density at radius 3 is 2.29 bits per heavy atom. The van der Waals surface area contributed by atoms with Gasteiger partial charge in [-0.15, -0.1) is 0 Å². The number of ether oxygens (including phenoxy) is 2. The van der Waals surface area contributed by atoms with Crippen molar-refractivity contribution >= 4 is 45.6 Å². The SMILES string of the molecule is [B]Cc1cc(C[B])c(C[B])c(C(=O)OC2CC3CC(C(=O)OC(CS(=O)(=O)O)C(F)(F)F)C2C3)c1. The molecule has 2 aliphatic rings. The van der Waals surface area contributed by atoms with E-state index in [4.69, 9.17) is 32.8 Å². The summed E-state index contributed by atoms with van der Waals surface area (Å²) in [6.07, 6.45) is -7.59. The second-order valence-electron chi connectivity index (χ2n) is 8.90. The molecule has 0 aliphatic heterocycles. The highest BCUT2D eigenvalue weighted by molar-refractivity contribution is 7.85. The minimum atomic E-state index is -5.19. The van der Waals surface area contributed by atoms with Gasteiger partial charge >= 0.3 is 18.1 Å². The van der Waals surface area contributed by atoms with Crippen LogP contribution in [0.4, 0.5) is 13.2 Å². The second-order valence-corrected chi connectivity index (χ2v) is 10.4. The van der Waals surface area contributed by atoms with Crippen molar-refractivity contribution in [3.63, 3.8) is 0 Å². The Hall–Kier alpha value is -1.95. The largest absolute Gasteiger partial charge is 0.458 e. The smallest absolute Gasteiger partial charge is 0.426 e. The molecule has 1 aromatic carbocycles. The van der Waals surface area contributed by atoms with E-state index >= 15 is 0 Å². The Morgan fingerprint density at radius 2 is 1.77 bits per heavy atom. The average molecular weight is 508 g/mol. The lowest BCUT2D eigenvalue weighted by molar-refractivity contribution is -0.218. The molecule has 1 N–H and O–H groups in total. The fraction of sp³-hybridized carbons (Fsp3) is 0.619. The first-order valence-electron chi connectivity index (χ1n) is 11.0. The molecule has 2 bridgehead atoms. The number of carbonyl (C=O) groups excluding carboxylic acids is 2. The molecule has 0 heterocycles. The zero-order chi connectivity index (χ0) is 26.1. The third-order valence-corrected chi connectivity index (χ3v) is 7.31. The van der Waals surface area contributed by atoms with Crippen molar-refractivity contribution in [2.45, 2.75) is 56.6 Å². The van der Waals surface area contributed by atoms with Crippen molar-refractivity contribution in [3.8, 4) is 0 Å². The maximum atomic E-state index is 13.2. The molecule has 0 spiro atoms. The Bertz CT molecular complexity index is 1080. The van der Waals surface area contributed by atoms with Gasteiger partial charge in [0.1, 0.15) is 11.9 Å². The lowest BCUT2D eigenvalue weighted by atomic mass is 9.81. The molecule has 0 saturated heterocycles. The number of fused-ring (bicyclic) bond motifs is 2. The van der Waals surface area contributed by atoms with Gasteiger partial charge in [-0.05, 0) is 36.8 Å². The summed E-state index contributed by atoms with van der Waals surface area (Å²) in [5.41, 5.74) is 1.95. The highest BCUT2D eigenvalue weighted by Crippen LogP contribution is 2.50. The first kappa shape index (κ1) is 27.6. The van der Waals surface area contributed by atoms with Gasteiger partial charge in [0.25, 0.3) is 10.1 Å². The maximum absolute atomic E-state index is 13.2. The molecular formula is C21H22B3F3O7S. The molecule has 5 atom stereocenters. The van der Waals surface area contributed by atoms with Crippen LogP contribution in [0.5, 0.6) is 0 Å². The fourth-order valence-electron chi connectivity index (χ4n) is 5.03. The number of hydrogen-bond donors (Lipinski definition) is 1. The van der Waals surface area contributed by atoms with Crippen molar-refractivity contribution in [2.75, 3.05) is 5.75 Å². The van der Waals surface area contributed by atoms with Crippen LogP contribution in [0.3, 0.4) is 0 Å². The molecule has 14 heteroatoms. The predicted molar refractivity (Wildman–Crippen MR) is 121 cm³/mol. The second kappa shape index (κ2) is 10.6. The maximum Gasteiger partial charge on any atom is 0.426 e. The van der Waals surface area contributed by atoms with Crippen LogP contribution in [0.1, 0.15) is 46.3 Å². The van der Waals surface area contributed by atoms with E-state index in [1.807, 2.05) is 0 Å². The lowest BCUT2D eigenvalue weighted by Crippen LogP contribution is -2.42. The van der Waals surface area contributed by atoms with Gasteiger partial charge in [-0.3, -0.25) is 9.35 Å². The van der Waals surface area contributed by atoms with E-state index in [2.05, 4.69) is 4.74 Å². The quantitative estimate of drug-likeness (QED) is 0.307. The first-order chi connectivity index (χ1) is 16.3. The lowest BCUT2D eigenvalue weighted by Gasteiger charge is -2.30. The Kier molecular flexibility index (Phi) is 8.35. The summed E-state index contributed by atoms with van der Waals surface area (Å²) in [6, 6.07) is 3.29. The van der Waals surface area contributed by atoms with Gasteiger partial charge in [-0.2, -0.15) is 21.6 Å². The summed E-state index contributed by atoms with van der Waals surface area (Å²) in [7, 11) is 12.2. The standard InChI is InChI=1S/C21H22B3F3O7S/c22-6-11-1-12(7-23)16(8-24)15(4-11)19(28)33-17-5-10-2-13(17)14(3-10)20(29)34-18(21(25,26)27)9-35(30,31)32/h1,4,10,13-14,17-18H,2-3,5-9H2,(H,30,31,32). The Labute approximate surface area is 205 Å². The third kappa shape index (κ3) is 6.44. The van der Waals surface area contributed by atoms with Gasteiger partial charge < -0.3 is 9.47 Å². The highest BCUT2D eigenvalue weighted by atomic mass is 32.2. The van der Waals surface area contributed by atoms with Crippen molar-refractivity contribution in [1.29, 1.82) is 0 Å². The molecule has 5 unspecified atom stereocenters. The number of rotatable bonds is 9. The van der Waals surface area contributed by atoms with Gasteiger partial charge in [-0.1, -0.05) is 36.2 Å². The molecule has 0 aromatic heterocycles. The number of carbonyl (C=O) groups is 2. The third-order valence-electron chi connectivity index (χ3n) is 6.58. The number of halogens is 3. The normalized spacial score (nSPS) is 24.8. The first-order valence-corrected chi connectivity index (χ1v) is 12.6. The Morgan fingerprint density at radius 1 is 1.09 bits per heavy atom. The van der Waals surface area contributed by atoms with E-state index in [9.17, 15) is 31.2 Å². The van der Waals surface area contributed by atoms with Gasteiger partial charge in [0.15, 0.2) is 0 Å². The van der Waals surface area contributed by atoms with Gasteiger partial charge in [-0.25, -0.2) is 4.79 Å². The molecule has 184 valence electrons. The number of esters is 2. The molecule has 2 aliphatic carbocycles. The molecule has 2 fully saturated rings. The predicted octanol–water partition coefficient (Wildman–Crippen LogP) is 1.63. The van der Waals surface area contributed by atoms with E-state index in [1.165, 1.54) is 0 Å². The van der Waals surface area contributed by atoms with Crippen LogP contribution >= 0.6 is 0 Å². The van der Waals surface area contributed by atoms with E-state index in [0.29, 0.717) is 29.5 Å². The molecule has 3 rings (SSSR count). The molecule has 1 aromatic rings. The van der Waals surface area contributed by atoms with E-state index in [-0.39, 0.29) is 36.9 Å². The minimum Gasteiger partial charge on any atom is -0.458 e. The number of benzene rings is 1. The van der Waals surface area contributed by atoms with Crippen molar-refractivity contribution in [3.05, 3.63) is 34.4 Å². The summed E-state index contributed by atoms with van der Waals surface area (Å²) in [4.78, 5) is 25.6. The van der Waals surface area contributed by atoms with Crippen LogP contribution in [0, 0.1) is 17.8 Å². The molecule has 35 heavy (non-hydrogen) atoms. The minimum absolute atomic E-state index is 0.0140. The zero-order valence-corrected chi connectivity index (χ0v) is 19.5. The van der Waals surface area contributed by atoms with Crippen LogP contribution < -0.4 is 0 Å². The summed E-state index contributed by atoms with van der Waals surface area (Å²) in [6.45, 7) is 0. The van der Waals surface area contributed by atoms with Crippen molar-refractivity contribution in [1.82, 2.24) is 0 Å². The van der Waals surface area contributed by atoms with Crippen molar-refractivity contribution in [2.24, 2.45) is 17.8 Å². The molecule has 7 nitrogen and oxygen atoms in total. The van der Waals surface area contributed by atoms with Crippen LogP contribution in [0.2, 0.25) is 0 Å². The van der Waals surface area contributed by atoms with E-state index in [0.717, 1.165) is 0 Å². The van der Waals surface area contributed by atoms with Gasteiger partial charge in [0.2, 0.25) is 6.10 Å². The summed E-state index contributed by atoms with van der Waals surface area (Å²) in [5.74, 6) is -5.44. The van der Waals surface area contributed by atoms with Crippen molar-refractivity contribution < 1.29 is 45.2 Å². The van der Waals surface area contributed by atoms with E-state index in [1.54, 1.807) is 12.1 Å². The van der Waals surface area contributed by atoms with Crippen LogP contribution in [-0.2, 0) is 43.3 Å². The summed E-state index contributed by atoms with van der Waals surface area (Å²) < 4.78 is 80.3. The van der Waals surface area contributed by atoms with Crippen LogP contribution in [-0.4, -0.2) is 72.6 Å². The number of hydrogen-bond acceptors (Lipinski definition) is 6. The molecule has 0 amide bonds. The Balaban J connectivity index is 1.76. The van der Waals surface area contributed by atoms with Gasteiger partial charge in [0.05, 0.1) is 35.0 Å². The topological polar surface area (TPSA) is 107 Å². The van der Waals surface area contributed by atoms with E-state index < -0.39 is 58.0 Å². The summed E-state index contributed by atoms with van der Waals surface area (Å²) in [5, 5.41) is 0. The fourth-order valence-corrected chi connectivity index (χ4v) is 5.67. The molecular weight excluding hydrogens is 486 g/mol. The van der Waals surface area contributed by atoms with Crippen LogP contribution in [0.15, 0.2) is 12.1 Å².